The standard InChI is InChI=1S/C19H34O14/c1-6-7(22)3-8(23)17(29-6)32-15-12(25)10(5-21)31-19(28-2)16(15)33-18-14(27)13(26)11(24)9(4-20)30-18/h6-27H,3-5H2,1-2H3/t6-,7-,8-,9-,10-,11+,12+,13+,14-,15+,16+,17-,18-,19+/m1/s1. The lowest BCUT2D eigenvalue weighted by Gasteiger charge is -2.48. The first-order valence-electron chi connectivity index (χ1n) is 10.7. The minimum atomic E-state index is -1.75. The Bertz CT molecular complexity index is 609. The average molecular weight is 486 g/mol. The summed E-state index contributed by atoms with van der Waals surface area (Å²) in [6.45, 7) is 0.276. The number of methoxy groups -OCH3 is 1. The molecule has 3 fully saturated rings. The molecule has 0 saturated carbocycles. The topological polar surface area (TPSA) is 217 Å². The molecule has 3 aliphatic rings. The number of rotatable bonds is 7. The number of ether oxygens (including phenoxy) is 6. The Labute approximate surface area is 189 Å². The molecule has 0 aliphatic carbocycles. The SMILES string of the molecule is CO[C@H]1O[C@H](CO)[C@H](O)[C@H](O[C@H]2O[C@H](C)[C@H](O)C[C@H]2O)[C@@H]1O[C@H]1O[C@H](CO)[C@H](O)[C@H](O)[C@H]1O. The van der Waals surface area contributed by atoms with Gasteiger partial charge >= 0.3 is 0 Å². The summed E-state index contributed by atoms with van der Waals surface area (Å²) in [6, 6.07) is 0. The van der Waals surface area contributed by atoms with Crippen molar-refractivity contribution in [3.8, 4) is 0 Å². The van der Waals surface area contributed by atoms with E-state index in [1.165, 1.54) is 7.11 Å². The molecule has 8 N–H and O–H groups in total. The Morgan fingerprint density at radius 1 is 0.667 bits per heavy atom. The van der Waals surface area contributed by atoms with Crippen molar-refractivity contribution in [1.82, 2.24) is 0 Å². The molecule has 0 aromatic heterocycles. The molecular weight excluding hydrogens is 452 g/mol. The van der Waals surface area contributed by atoms with E-state index in [1.54, 1.807) is 6.92 Å². The maximum atomic E-state index is 10.8. The van der Waals surface area contributed by atoms with Crippen molar-refractivity contribution in [3.05, 3.63) is 0 Å². The molecule has 0 bridgehead atoms. The zero-order valence-corrected chi connectivity index (χ0v) is 18.2. The van der Waals surface area contributed by atoms with Crippen molar-refractivity contribution in [2.45, 2.75) is 99.4 Å². The molecule has 33 heavy (non-hydrogen) atoms. The van der Waals surface area contributed by atoms with Gasteiger partial charge in [-0.05, 0) is 6.92 Å². The second-order valence-electron chi connectivity index (χ2n) is 8.43. The second-order valence-corrected chi connectivity index (χ2v) is 8.43. The highest BCUT2D eigenvalue weighted by molar-refractivity contribution is 4.95. The van der Waals surface area contributed by atoms with Gasteiger partial charge in [0.1, 0.15) is 54.9 Å². The summed E-state index contributed by atoms with van der Waals surface area (Å²) in [7, 11) is 1.25. The van der Waals surface area contributed by atoms with Crippen LogP contribution in [0.1, 0.15) is 13.3 Å². The molecule has 0 amide bonds. The Balaban J connectivity index is 1.83. The molecule has 3 rings (SSSR count). The zero-order valence-electron chi connectivity index (χ0n) is 18.2. The Hall–Kier alpha value is -0.560. The van der Waals surface area contributed by atoms with Crippen LogP contribution in [0.15, 0.2) is 0 Å². The van der Waals surface area contributed by atoms with Crippen molar-refractivity contribution in [3.63, 3.8) is 0 Å². The van der Waals surface area contributed by atoms with Crippen LogP contribution in [-0.4, -0.2) is 147 Å². The van der Waals surface area contributed by atoms with Gasteiger partial charge in [0, 0.05) is 13.5 Å². The molecule has 0 spiro atoms. The lowest BCUT2D eigenvalue weighted by molar-refractivity contribution is -0.385. The molecule has 194 valence electrons. The first kappa shape index (κ1) is 27.0. The molecule has 14 heteroatoms. The molecule has 14 nitrogen and oxygen atoms in total. The van der Waals surface area contributed by atoms with E-state index in [0.29, 0.717) is 0 Å². The third-order valence-corrected chi connectivity index (χ3v) is 6.15. The molecule has 0 radical (unpaired) electrons. The van der Waals surface area contributed by atoms with Crippen molar-refractivity contribution >= 4 is 0 Å². The van der Waals surface area contributed by atoms with E-state index in [4.69, 9.17) is 28.4 Å². The van der Waals surface area contributed by atoms with Crippen LogP contribution in [0, 0.1) is 0 Å². The van der Waals surface area contributed by atoms with Crippen molar-refractivity contribution < 1.29 is 69.3 Å². The molecule has 14 atom stereocenters. The summed E-state index contributed by atoms with van der Waals surface area (Å²) < 4.78 is 33.2. The lowest BCUT2D eigenvalue weighted by Crippen LogP contribution is -2.66. The van der Waals surface area contributed by atoms with Crippen LogP contribution >= 0.6 is 0 Å². The number of hydrogen-bond acceptors (Lipinski definition) is 14. The van der Waals surface area contributed by atoms with Gasteiger partial charge in [0.05, 0.1) is 25.4 Å². The highest BCUT2D eigenvalue weighted by Gasteiger charge is 2.53. The second kappa shape index (κ2) is 11.5. The van der Waals surface area contributed by atoms with E-state index in [2.05, 4.69) is 0 Å². The fourth-order valence-electron chi connectivity index (χ4n) is 4.09. The van der Waals surface area contributed by atoms with Gasteiger partial charge in [0.15, 0.2) is 18.9 Å². The van der Waals surface area contributed by atoms with Crippen molar-refractivity contribution in [2.75, 3.05) is 20.3 Å². The smallest absolute Gasteiger partial charge is 0.187 e. The van der Waals surface area contributed by atoms with Gasteiger partial charge in [-0.15, -0.1) is 0 Å². The van der Waals surface area contributed by atoms with Crippen LogP contribution in [0.4, 0.5) is 0 Å². The summed E-state index contributed by atoms with van der Waals surface area (Å²) in [4.78, 5) is 0. The highest BCUT2D eigenvalue weighted by atomic mass is 16.8. The summed E-state index contributed by atoms with van der Waals surface area (Å²) in [5.41, 5.74) is 0. The fourth-order valence-corrected chi connectivity index (χ4v) is 4.09. The Morgan fingerprint density at radius 3 is 1.85 bits per heavy atom. The van der Waals surface area contributed by atoms with E-state index in [1.807, 2.05) is 0 Å². The third-order valence-electron chi connectivity index (χ3n) is 6.15. The largest absolute Gasteiger partial charge is 0.394 e. The van der Waals surface area contributed by atoms with Gasteiger partial charge in [-0.25, -0.2) is 0 Å². The average Bonchev–Trinajstić information content (AvgIpc) is 2.79. The minimum absolute atomic E-state index is 0.0550. The molecule has 0 unspecified atom stereocenters. The Morgan fingerprint density at radius 2 is 1.24 bits per heavy atom. The predicted octanol–water partition coefficient (Wildman–Crippen LogP) is -4.86. The number of hydrogen-bond donors (Lipinski definition) is 8. The third kappa shape index (κ3) is 5.65. The van der Waals surface area contributed by atoms with Crippen LogP contribution in [0.5, 0.6) is 0 Å². The van der Waals surface area contributed by atoms with Crippen molar-refractivity contribution in [1.29, 1.82) is 0 Å². The van der Waals surface area contributed by atoms with E-state index in [-0.39, 0.29) is 6.42 Å². The first-order valence-corrected chi connectivity index (χ1v) is 10.7. The molecule has 0 aromatic rings. The Kier molecular flexibility index (Phi) is 9.38. The fraction of sp³-hybridized carbons (Fsp3) is 1.00. The summed E-state index contributed by atoms with van der Waals surface area (Å²) in [5.74, 6) is 0. The molecule has 3 saturated heterocycles. The van der Waals surface area contributed by atoms with Crippen LogP contribution in [0.3, 0.4) is 0 Å². The van der Waals surface area contributed by atoms with Gasteiger partial charge in [-0.2, -0.15) is 0 Å². The van der Waals surface area contributed by atoms with E-state index in [0.717, 1.165) is 0 Å². The van der Waals surface area contributed by atoms with Crippen LogP contribution < -0.4 is 0 Å². The molecule has 0 aromatic carbocycles. The monoisotopic (exact) mass is 486 g/mol. The quantitative estimate of drug-likeness (QED) is 0.169. The van der Waals surface area contributed by atoms with E-state index < -0.39 is 99.2 Å². The maximum absolute atomic E-state index is 10.8. The molecule has 3 aliphatic heterocycles. The van der Waals surface area contributed by atoms with Crippen LogP contribution in [-0.2, 0) is 28.4 Å². The van der Waals surface area contributed by atoms with Gasteiger partial charge < -0.3 is 69.3 Å². The predicted molar refractivity (Wildman–Crippen MR) is 103 cm³/mol. The molecule has 3 heterocycles. The van der Waals surface area contributed by atoms with Crippen molar-refractivity contribution in [2.24, 2.45) is 0 Å². The van der Waals surface area contributed by atoms with Crippen LogP contribution in [0.25, 0.3) is 0 Å². The summed E-state index contributed by atoms with van der Waals surface area (Å²) in [5, 5.41) is 80.3. The summed E-state index contributed by atoms with van der Waals surface area (Å²) in [6.07, 6.45) is -18.8. The first-order chi connectivity index (χ1) is 15.6. The van der Waals surface area contributed by atoms with Gasteiger partial charge in [-0.1, -0.05) is 0 Å². The number of aliphatic hydroxyl groups excluding tert-OH is 8. The number of aliphatic hydroxyl groups is 8. The van der Waals surface area contributed by atoms with Gasteiger partial charge in [0.25, 0.3) is 0 Å². The minimum Gasteiger partial charge on any atom is -0.394 e. The van der Waals surface area contributed by atoms with E-state index >= 15 is 0 Å². The zero-order chi connectivity index (χ0) is 24.4. The van der Waals surface area contributed by atoms with E-state index in [9.17, 15) is 40.9 Å². The molecular formula is C19H34O14. The van der Waals surface area contributed by atoms with Gasteiger partial charge in [0.2, 0.25) is 0 Å². The van der Waals surface area contributed by atoms with Gasteiger partial charge in [-0.3, -0.25) is 0 Å². The highest BCUT2D eigenvalue weighted by Crippen LogP contribution is 2.33. The lowest BCUT2D eigenvalue weighted by atomic mass is 9.96. The van der Waals surface area contributed by atoms with Crippen LogP contribution in [0.2, 0.25) is 0 Å². The summed E-state index contributed by atoms with van der Waals surface area (Å²) >= 11 is 0. The normalized spacial score (nSPS) is 51.5. The maximum Gasteiger partial charge on any atom is 0.187 e.